The molecule has 2 N–H and O–H groups in total. The first-order valence-corrected chi connectivity index (χ1v) is 5.72. The summed E-state index contributed by atoms with van der Waals surface area (Å²) < 4.78 is 18.9. The van der Waals surface area contributed by atoms with Crippen LogP contribution in [0.1, 0.15) is 32.3 Å². The number of nitrogen functional groups attached to an aromatic ring is 1. The number of anilines is 1. The van der Waals surface area contributed by atoms with Crippen molar-refractivity contribution in [1.29, 1.82) is 5.26 Å². The minimum atomic E-state index is -0.804. The Morgan fingerprint density at radius 1 is 1.41 bits per heavy atom. The Morgan fingerprint density at radius 3 is 2.41 bits per heavy atom. The summed E-state index contributed by atoms with van der Waals surface area (Å²) in [6, 6.07) is 4.88. The van der Waals surface area contributed by atoms with Crippen LogP contribution in [0.15, 0.2) is 12.1 Å². The smallest absolute Gasteiger partial charge is 0.194 e. The van der Waals surface area contributed by atoms with E-state index in [0.29, 0.717) is 24.1 Å². The summed E-state index contributed by atoms with van der Waals surface area (Å²) in [7, 11) is 0. The highest BCUT2D eigenvalue weighted by atomic mass is 19.1. The summed E-state index contributed by atoms with van der Waals surface area (Å²) in [5.41, 5.74) is 5.66. The number of nitrogens with zero attached hydrogens (tertiary/aromatic N) is 1. The van der Waals surface area contributed by atoms with Gasteiger partial charge < -0.3 is 10.5 Å². The number of nitrogens with two attached hydrogens (primary N) is 1. The number of halogens is 1. The molecule has 0 spiro atoms. The Balaban J connectivity index is 0.000000686. The Morgan fingerprint density at radius 2 is 2.00 bits per heavy atom. The normalized spacial score (nSPS) is 15.2. The lowest BCUT2D eigenvalue weighted by Gasteiger charge is -2.14. The molecule has 1 fully saturated rings. The number of hydrogen-bond donors (Lipinski definition) is 1. The molecule has 0 aliphatic heterocycles. The molecule has 0 radical (unpaired) electrons. The minimum absolute atomic E-state index is 0.142. The van der Waals surface area contributed by atoms with Gasteiger partial charge in [0.15, 0.2) is 17.2 Å². The van der Waals surface area contributed by atoms with Crippen molar-refractivity contribution < 1.29 is 9.13 Å². The van der Waals surface area contributed by atoms with Crippen molar-refractivity contribution in [2.75, 3.05) is 5.73 Å². The van der Waals surface area contributed by atoms with Gasteiger partial charge in [0, 0.05) is 24.6 Å². The molecule has 0 aromatic heterocycles. The third kappa shape index (κ3) is 2.88. The van der Waals surface area contributed by atoms with Crippen LogP contribution in [0.5, 0.6) is 5.75 Å². The average molecular weight is 236 g/mol. The fraction of sp³-hybridized carbons (Fsp3) is 0.462. The first kappa shape index (κ1) is 13.3. The van der Waals surface area contributed by atoms with E-state index >= 15 is 0 Å². The lowest BCUT2D eigenvalue weighted by molar-refractivity contribution is 0.224. The van der Waals surface area contributed by atoms with E-state index in [4.69, 9.17) is 15.7 Å². The van der Waals surface area contributed by atoms with Gasteiger partial charge in [0.1, 0.15) is 6.07 Å². The van der Waals surface area contributed by atoms with Crippen LogP contribution in [-0.2, 0) is 0 Å². The molecule has 1 aliphatic carbocycles. The predicted octanol–water partition coefficient (Wildman–Crippen LogP) is 3.18. The van der Waals surface area contributed by atoms with Gasteiger partial charge in [0.05, 0.1) is 0 Å². The van der Waals surface area contributed by atoms with Gasteiger partial charge in [-0.2, -0.15) is 5.26 Å². The van der Waals surface area contributed by atoms with Crippen LogP contribution in [0.2, 0.25) is 0 Å². The van der Waals surface area contributed by atoms with Crippen molar-refractivity contribution in [3.63, 3.8) is 0 Å². The number of aryl methyl sites for hydroxylation is 1. The minimum Gasteiger partial charge on any atom is -0.469 e. The molecule has 0 bridgehead atoms. The van der Waals surface area contributed by atoms with Gasteiger partial charge in [-0.1, -0.05) is 13.8 Å². The highest BCUT2D eigenvalue weighted by Crippen LogP contribution is 2.41. The third-order valence-electron chi connectivity index (χ3n) is 2.46. The van der Waals surface area contributed by atoms with Gasteiger partial charge in [-0.15, -0.1) is 0 Å². The van der Waals surface area contributed by atoms with Crippen molar-refractivity contribution >= 4 is 5.69 Å². The van der Waals surface area contributed by atoms with E-state index in [9.17, 15) is 4.39 Å². The molecule has 0 atom stereocenters. The van der Waals surface area contributed by atoms with Crippen molar-refractivity contribution in [1.82, 2.24) is 0 Å². The van der Waals surface area contributed by atoms with Crippen LogP contribution < -0.4 is 10.5 Å². The average Bonchev–Trinajstić information content (AvgIpc) is 3.07. The molecule has 1 aromatic carbocycles. The quantitative estimate of drug-likeness (QED) is 0.802. The molecule has 0 heterocycles. The van der Waals surface area contributed by atoms with Crippen LogP contribution in [0, 0.1) is 24.1 Å². The van der Waals surface area contributed by atoms with E-state index in [2.05, 4.69) is 0 Å². The van der Waals surface area contributed by atoms with Crippen molar-refractivity contribution in [3.8, 4) is 11.8 Å². The molecule has 0 unspecified atom stereocenters. The monoisotopic (exact) mass is 236 g/mol. The molecule has 0 amide bonds. The maximum absolute atomic E-state index is 13.5. The molecule has 1 aliphatic rings. The van der Waals surface area contributed by atoms with Crippen molar-refractivity contribution in [3.05, 3.63) is 23.5 Å². The zero-order valence-electron chi connectivity index (χ0n) is 10.4. The van der Waals surface area contributed by atoms with E-state index in [1.54, 1.807) is 13.0 Å². The second-order valence-corrected chi connectivity index (χ2v) is 3.86. The maximum atomic E-state index is 13.5. The molecule has 92 valence electrons. The first-order valence-electron chi connectivity index (χ1n) is 5.72. The van der Waals surface area contributed by atoms with Crippen molar-refractivity contribution in [2.24, 2.45) is 0 Å². The molecule has 3 nitrogen and oxygen atoms in total. The van der Waals surface area contributed by atoms with E-state index in [-0.39, 0.29) is 5.75 Å². The topological polar surface area (TPSA) is 59.0 Å². The summed E-state index contributed by atoms with van der Waals surface area (Å²) in [4.78, 5) is 0. The summed E-state index contributed by atoms with van der Waals surface area (Å²) in [5.74, 6) is -0.364. The second-order valence-electron chi connectivity index (χ2n) is 3.86. The Kier molecular flexibility index (Phi) is 3.95. The molecular formula is C13H17FN2O. The van der Waals surface area contributed by atoms with Crippen LogP contribution >= 0.6 is 0 Å². The van der Waals surface area contributed by atoms with Crippen LogP contribution in [0.3, 0.4) is 0 Å². The molecular weight excluding hydrogens is 219 g/mol. The van der Waals surface area contributed by atoms with E-state index < -0.39 is 11.4 Å². The third-order valence-corrected chi connectivity index (χ3v) is 2.46. The Hall–Kier alpha value is -1.76. The lowest BCUT2D eigenvalue weighted by Crippen LogP contribution is -2.16. The fourth-order valence-corrected chi connectivity index (χ4v) is 1.43. The van der Waals surface area contributed by atoms with E-state index in [0.717, 1.165) is 0 Å². The standard InChI is InChI=1S/C11H11FN2O.C2H6/c1-7-4-8(14)5-9(12)10(7)15-11(6-13)2-3-11;1-2/h4-5H,2-3,14H2,1H3;1-2H3. The van der Waals surface area contributed by atoms with Crippen LogP contribution in [0.4, 0.5) is 10.1 Å². The molecule has 2 rings (SSSR count). The summed E-state index contributed by atoms with van der Waals surface area (Å²) in [6.45, 7) is 5.71. The fourth-order valence-electron chi connectivity index (χ4n) is 1.43. The highest BCUT2D eigenvalue weighted by Gasteiger charge is 2.47. The Bertz CT molecular complexity index is 424. The maximum Gasteiger partial charge on any atom is 0.194 e. The largest absolute Gasteiger partial charge is 0.469 e. The van der Waals surface area contributed by atoms with E-state index in [1.165, 1.54) is 6.07 Å². The van der Waals surface area contributed by atoms with Crippen LogP contribution in [-0.4, -0.2) is 5.60 Å². The van der Waals surface area contributed by atoms with Gasteiger partial charge in [0.2, 0.25) is 0 Å². The Labute approximate surface area is 101 Å². The van der Waals surface area contributed by atoms with Gasteiger partial charge in [-0.25, -0.2) is 4.39 Å². The number of nitriles is 1. The van der Waals surface area contributed by atoms with Crippen molar-refractivity contribution in [2.45, 2.75) is 39.2 Å². The summed E-state index contributed by atoms with van der Waals surface area (Å²) in [6.07, 6.45) is 1.32. The lowest BCUT2D eigenvalue weighted by atomic mass is 10.2. The van der Waals surface area contributed by atoms with Gasteiger partial charge in [-0.05, 0) is 18.6 Å². The van der Waals surface area contributed by atoms with Gasteiger partial charge >= 0.3 is 0 Å². The SMILES string of the molecule is CC.Cc1cc(N)cc(F)c1OC1(C#N)CC1. The van der Waals surface area contributed by atoms with Crippen LogP contribution in [0.25, 0.3) is 0 Å². The molecule has 4 heteroatoms. The number of hydrogen-bond acceptors (Lipinski definition) is 3. The number of ether oxygens (including phenoxy) is 1. The second kappa shape index (κ2) is 5.05. The summed E-state index contributed by atoms with van der Waals surface area (Å²) >= 11 is 0. The summed E-state index contributed by atoms with van der Waals surface area (Å²) in [5, 5.41) is 8.83. The first-order chi connectivity index (χ1) is 8.06. The highest BCUT2D eigenvalue weighted by molar-refractivity contribution is 5.49. The zero-order chi connectivity index (χ0) is 13.1. The number of rotatable bonds is 2. The molecule has 0 saturated heterocycles. The zero-order valence-corrected chi connectivity index (χ0v) is 10.4. The number of benzene rings is 1. The van der Waals surface area contributed by atoms with E-state index in [1.807, 2.05) is 19.9 Å². The molecule has 1 saturated carbocycles. The van der Waals surface area contributed by atoms with Gasteiger partial charge in [-0.3, -0.25) is 0 Å². The molecule has 1 aromatic rings. The predicted molar refractivity (Wildman–Crippen MR) is 65.1 cm³/mol. The van der Waals surface area contributed by atoms with Gasteiger partial charge in [0.25, 0.3) is 0 Å². The molecule has 17 heavy (non-hydrogen) atoms.